The molecule has 1 N–H and O–H groups in total. The van der Waals surface area contributed by atoms with Gasteiger partial charge in [-0.05, 0) is 31.7 Å². The first-order chi connectivity index (χ1) is 9.15. The number of nitrogens with zero attached hydrogens (tertiary/aromatic N) is 1. The van der Waals surface area contributed by atoms with Gasteiger partial charge >= 0.3 is 0 Å². The van der Waals surface area contributed by atoms with Crippen LogP contribution in [0.3, 0.4) is 0 Å². The molecule has 2 atom stereocenters. The Labute approximate surface area is 116 Å². The van der Waals surface area contributed by atoms with Gasteiger partial charge in [-0.2, -0.15) is 0 Å². The van der Waals surface area contributed by atoms with Crippen molar-refractivity contribution in [2.45, 2.75) is 44.7 Å². The number of rotatable bonds is 5. The summed E-state index contributed by atoms with van der Waals surface area (Å²) < 4.78 is 0. The van der Waals surface area contributed by atoms with Crippen molar-refractivity contribution in [1.82, 2.24) is 10.2 Å². The molecule has 3 nitrogen and oxygen atoms in total. The van der Waals surface area contributed by atoms with Gasteiger partial charge in [0.25, 0.3) is 0 Å². The highest BCUT2D eigenvalue weighted by Gasteiger charge is 2.23. The lowest BCUT2D eigenvalue weighted by Crippen LogP contribution is -2.49. The van der Waals surface area contributed by atoms with Gasteiger partial charge in [0.1, 0.15) is 0 Å². The number of benzene rings is 1. The predicted octanol–water partition coefficient (Wildman–Crippen LogP) is 2.22. The summed E-state index contributed by atoms with van der Waals surface area (Å²) >= 11 is 0. The second-order valence-electron chi connectivity index (χ2n) is 5.60. The summed E-state index contributed by atoms with van der Waals surface area (Å²) in [4.78, 5) is 13.3. The van der Waals surface area contributed by atoms with Gasteiger partial charge in [-0.3, -0.25) is 4.79 Å². The van der Waals surface area contributed by atoms with Crippen LogP contribution in [0.2, 0.25) is 0 Å². The molecule has 1 aliphatic rings. The molecule has 2 rings (SSSR count). The van der Waals surface area contributed by atoms with E-state index in [0.29, 0.717) is 18.5 Å². The minimum atomic E-state index is 0.273. The van der Waals surface area contributed by atoms with Crippen LogP contribution in [0.5, 0.6) is 0 Å². The van der Waals surface area contributed by atoms with Gasteiger partial charge in [0.2, 0.25) is 5.91 Å². The highest BCUT2D eigenvalue weighted by molar-refractivity contribution is 5.76. The molecule has 1 saturated heterocycles. The van der Waals surface area contributed by atoms with Crippen LogP contribution in [0.15, 0.2) is 30.3 Å². The number of carbonyl (C=O) groups is 1. The van der Waals surface area contributed by atoms with Crippen LogP contribution in [0.4, 0.5) is 0 Å². The van der Waals surface area contributed by atoms with Gasteiger partial charge in [-0.15, -0.1) is 0 Å². The molecule has 0 radical (unpaired) electrons. The van der Waals surface area contributed by atoms with Gasteiger partial charge < -0.3 is 10.2 Å². The maximum Gasteiger partial charge on any atom is 0.222 e. The monoisotopic (exact) mass is 260 g/mol. The van der Waals surface area contributed by atoms with E-state index in [-0.39, 0.29) is 5.91 Å². The van der Waals surface area contributed by atoms with Crippen molar-refractivity contribution in [1.29, 1.82) is 0 Å². The minimum Gasteiger partial charge on any atom is -0.344 e. The Hall–Kier alpha value is -1.35. The van der Waals surface area contributed by atoms with E-state index < -0.39 is 0 Å². The molecule has 1 aromatic rings. The average molecular weight is 260 g/mol. The van der Waals surface area contributed by atoms with Gasteiger partial charge in [-0.1, -0.05) is 30.3 Å². The van der Waals surface area contributed by atoms with Gasteiger partial charge in [-0.25, -0.2) is 0 Å². The second kappa shape index (κ2) is 6.71. The lowest BCUT2D eigenvalue weighted by Gasteiger charge is -2.32. The Bertz CT molecular complexity index is 404. The van der Waals surface area contributed by atoms with Crippen LogP contribution in [0.1, 0.15) is 31.7 Å². The molecule has 0 aliphatic carbocycles. The SMILES string of the molecule is CC(CCc1ccccc1)NC1CCC(=O)N(C)C1. The topological polar surface area (TPSA) is 32.3 Å². The Balaban J connectivity index is 1.72. The first-order valence-electron chi connectivity index (χ1n) is 7.19. The normalized spacial score (nSPS) is 21.5. The molecule has 0 aromatic heterocycles. The Morgan fingerprint density at radius 1 is 1.37 bits per heavy atom. The lowest BCUT2D eigenvalue weighted by molar-refractivity contribution is -0.132. The van der Waals surface area contributed by atoms with Crippen LogP contribution < -0.4 is 5.32 Å². The molecule has 1 fully saturated rings. The quantitative estimate of drug-likeness (QED) is 0.880. The summed E-state index contributed by atoms with van der Waals surface area (Å²) in [7, 11) is 1.89. The number of aryl methyl sites for hydroxylation is 1. The zero-order chi connectivity index (χ0) is 13.7. The zero-order valence-corrected chi connectivity index (χ0v) is 11.9. The zero-order valence-electron chi connectivity index (χ0n) is 11.9. The van der Waals surface area contributed by atoms with E-state index >= 15 is 0 Å². The predicted molar refractivity (Wildman–Crippen MR) is 78.0 cm³/mol. The maximum absolute atomic E-state index is 11.4. The van der Waals surface area contributed by atoms with Crippen molar-refractivity contribution >= 4 is 5.91 Å². The maximum atomic E-state index is 11.4. The highest BCUT2D eigenvalue weighted by Crippen LogP contribution is 2.12. The first kappa shape index (κ1) is 14.1. The number of likely N-dealkylation sites (N-methyl/N-ethyl adjacent to an activating group) is 1. The number of piperidine rings is 1. The van der Waals surface area contributed by atoms with Crippen molar-refractivity contribution in [3.8, 4) is 0 Å². The van der Waals surface area contributed by atoms with Gasteiger partial charge in [0.05, 0.1) is 0 Å². The van der Waals surface area contributed by atoms with E-state index in [9.17, 15) is 4.79 Å². The van der Waals surface area contributed by atoms with E-state index in [0.717, 1.165) is 25.8 Å². The molecule has 0 saturated carbocycles. The summed E-state index contributed by atoms with van der Waals surface area (Å²) in [5.74, 6) is 0.273. The summed E-state index contributed by atoms with van der Waals surface area (Å²) in [6, 6.07) is 11.5. The molecule has 1 aromatic carbocycles. The van der Waals surface area contributed by atoms with Crippen molar-refractivity contribution < 1.29 is 4.79 Å². The number of hydrogen-bond donors (Lipinski definition) is 1. The van der Waals surface area contributed by atoms with Crippen molar-refractivity contribution in [3.05, 3.63) is 35.9 Å². The van der Waals surface area contributed by atoms with Gasteiger partial charge in [0.15, 0.2) is 0 Å². The third-order valence-corrected chi connectivity index (χ3v) is 3.86. The second-order valence-corrected chi connectivity index (χ2v) is 5.60. The van der Waals surface area contributed by atoms with E-state index in [4.69, 9.17) is 0 Å². The fourth-order valence-corrected chi connectivity index (χ4v) is 2.66. The molecule has 1 amide bonds. The summed E-state index contributed by atoms with van der Waals surface area (Å²) in [6.45, 7) is 3.08. The largest absolute Gasteiger partial charge is 0.344 e. The number of carbonyl (C=O) groups excluding carboxylic acids is 1. The third-order valence-electron chi connectivity index (χ3n) is 3.86. The van der Waals surface area contributed by atoms with E-state index in [2.05, 4.69) is 42.6 Å². The number of likely N-dealkylation sites (tertiary alicyclic amines) is 1. The Morgan fingerprint density at radius 3 is 2.79 bits per heavy atom. The summed E-state index contributed by atoms with van der Waals surface area (Å²) in [5.41, 5.74) is 1.40. The lowest BCUT2D eigenvalue weighted by atomic mass is 10.0. The average Bonchev–Trinajstić information content (AvgIpc) is 2.42. The molecule has 19 heavy (non-hydrogen) atoms. The van der Waals surface area contributed by atoms with E-state index in [1.165, 1.54) is 5.56 Å². The molecule has 1 aliphatic heterocycles. The summed E-state index contributed by atoms with van der Waals surface area (Å²) in [5, 5.41) is 3.65. The molecule has 0 bridgehead atoms. The number of amides is 1. The smallest absolute Gasteiger partial charge is 0.222 e. The molecule has 1 heterocycles. The summed E-state index contributed by atoms with van der Waals surface area (Å²) in [6.07, 6.45) is 3.90. The fraction of sp³-hybridized carbons (Fsp3) is 0.562. The van der Waals surface area contributed by atoms with Crippen molar-refractivity contribution in [3.63, 3.8) is 0 Å². The van der Waals surface area contributed by atoms with E-state index in [1.54, 1.807) is 0 Å². The van der Waals surface area contributed by atoms with E-state index in [1.807, 2.05) is 11.9 Å². The molecule has 0 spiro atoms. The van der Waals surface area contributed by atoms with Crippen LogP contribution in [0, 0.1) is 0 Å². The van der Waals surface area contributed by atoms with Crippen LogP contribution in [-0.2, 0) is 11.2 Å². The number of nitrogens with one attached hydrogen (secondary N) is 1. The van der Waals surface area contributed by atoms with Crippen molar-refractivity contribution in [2.75, 3.05) is 13.6 Å². The van der Waals surface area contributed by atoms with Crippen LogP contribution >= 0.6 is 0 Å². The van der Waals surface area contributed by atoms with Crippen LogP contribution in [-0.4, -0.2) is 36.5 Å². The molecule has 104 valence electrons. The Morgan fingerprint density at radius 2 is 2.11 bits per heavy atom. The first-order valence-corrected chi connectivity index (χ1v) is 7.19. The minimum absolute atomic E-state index is 0.273. The standard InChI is InChI=1S/C16H24N2O/c1-13(8-9-14-6-4-3-5-7-14)17-15-10-11-16(19)18(2)12-15/h3-7,13,15,17H,8-12H2,1-2H3. The molecule has 2 unspecified atom stereocenters. The highest BCUT2D eigenvalue weighted by atomic mass is 16.2. The van der Waals surface area contributed by atoms with Crippen LogP contribution in [0.25, 0.3) is 0 Å². The molecule has 3 heteroatoms. The molecular weight excluding hydrogens is 236 g/mol. The van der Waals surface area contributed by atoms with Gasteiger partial charge in [0, 0.05) is 32.1 Å². The van der Waals surface area contributed by atoms with Crippen molar-refractivity contribution in [2.24, 2.45) is 0 Å². The number of hydrogen-bond acceptors (Lipinski definition) is 2. The molecular formula is C16H24N2O. The Kier molecular flexibility index (Phi) is 4.97. The fourth-order valence-electron chi connectivity index (χ4n) is 2.66. The third kappa shape index (κ3) is 4.35.